The van der Waals surface area contributed by atoms with Gasteiger partial charge in [-0.1, -0.05) is 0 Å². The number of ether oxygens (including phenoxy) is 1. The minimum Gasteiger partial charge on any atom is -0.497 e. The molecule has 2 atom stereocenters. The molecule has 1 N–H and O–H groups in total. The summed E-state index contributed by atoms with van der Waals surface area (Å²) in [4.78, 5) is 12.1. The molecular formula is C13H15ClN2O2. The van der Waals surface area contributed by atoms with Gasteiger partial charge in [0.1, 0.15) is 5.75 Å². The normalized spacial score (nSPS) is 26.5. The van der Waals surface area contributed by atoms with Crippen LogP contribution in [0.3, 0.4) is 0 Å². The summed E-state index contributed by atoms with van der Waals surface area (Å²) in [5.74, 6) is 1.05. The van der Waals surface area contributed by atoms with E-state index in [4.69, 9.17) is 16.5 Å². The molecule has 1 saturated heterocycles. The summed E-state index contributed by atoms with van der Waals surface area (Å²) in [6.07, 6.45) is 0. The van der Waals surface area contributed by atoms with Crippen LogP contribution in [0.1, 0.15) is 27.4 Å². The zero-order valence-electron chi connectivity index (χ0n) is 10.4. The molecule has 3 rings (SSSR count). The summed E-state index contributed by atoms with van der Waals surface area (Å²) < 4.78 is 7.03. The molecule has 5 heteroatoms. The maximum absolute atomic E-state index is 12.1. The van der Waals surface area contributed by atoms with Crippen LogP contribution in [0.2, 0.25) is 0 Å². The molecule has 1 amide bonds. The Morgan fingerprint density at radius 2 is 2.22 bits per heavy atom. The third kappa shape index (κ3) is 1.68. The second-order valence-corrected chi connectivity index (χ2v) is 5.40. The van der Waals surface area contributed by atoms with Crippen molar-refractivity contribution in [3.8, 4) is 5.75 Å². The number of nitrogens with zero attached hydrogens (tertiary/aromatic N) is 1. The van der Waals surface area contributed by atoms with Crippen LogP contribution in [-0.2, 0) is 0 Å². The molecule has 0 aromatic heterocycles. The second-order valence-electron chi connectivity index (χ2n) is 4.92. The van der Waals surface area contributed by atoms with Crippen LogP contribution in [0, 0.1) is 6.92 Å². The number of carbonyl (C=O) groups is 1. The Morgan fingerprint density at radius 3 is 2.94 bits per heavy atom. The lowest BCUT2D eigenvalue weighted by atomic mass is 9.84. The summed E-state index contributed by atoms with van der Waals surface area (Å²) in [7, 11) is 1.64. The van der Waals surface area contributed by atoms with Crippen molar-refractivity contribution in [2.24, 2.45) is 0 Å². The SMILES string of the molecule is COc1cc(C)c2c(c1)[C@H]1CN(Cl)C[C@@H]1NC2=O. The molecular weight excluding hydrogens is 252 g/mol. The number of aryl methyl sites for hydroxylation is 1. The summed E-state index contributed by atoms with van der Waals surface area (Å²) in [5.41, 5.74) is 2.79. The summed E-state index contributed by atoms with van der Waals surface area (Å²) in [6, 6.07) is 3.97. The molecule has 2 aliphatic rings. The Hall–Kier alpha value is -1.26. The highest BCUT2D eigenvalue weighted by molar-refractivity contribution is 6.13. The minimum absolute atomic E-state index is 0.00151. The highest BCUT2D eigenvalue weighted by Crippen LogP contribution is 2.37. The lowest BCUT2D eigenvalue weighted by molar-refractivity contribution is 0.0923. The van der Waals surface area contributed by atoms with Gasteiger partial charge in [-0.3, -0.25) is 4.79 Å². The van der Waals surface area contributed by atoms with Gasteiger partial charge in [0, 0.05) is 24.6 Å². The third-order valence-corrected chi connectivity index (χ3v) is 4.07. The molecule has 0 bridgehead atoms. The van der Waals surface area contributed by atoms with Gasteiger partial charge < -0.3 is 10.1 Å². The van der Waals surface area contributed by atoms with E-state index in [0.717, 1.165) is 29.0 Å². The highest BCUT2D eigenvalue weighted by atomic mass is 35.5. The van der Waals surface area contributed by atoms with Gasteiger partial charge in [0.05, 0.1) is 13.2 Å². The topological polar surface area (TPSA) is 41.6 Å². The average Bonchev–Trinajstić information content (AvgIpc) is 2.69. The van der Waals surface area contributed by atoms with E-state index in [1.807, 2.05) is 19.1 Å². The first-order chi connectivity index (χ1) is 8.60. The maximum Gasteiger partial charge on any atom is 0.252 e. The molecule has 0 unspecified atom stereocenters. The van der Waals surface area contributed by atoms with Crippen LogP contribution in [-0.4, -0.2) is 36.6 Å². The third-order valence-electron chi connectivity index (χ3n) is 3.79. The number of halogens is 1. The Morgan fingerprint density at radius 1 is 1.44 bits per heavy atom. The monoisotopic (exact) mass is 266 g/mol. The van der Waals surface area contributed by atoms with E-state index in [1.54, 1.807) is 11.5 Å². The van der Waals surface area contributed by atoms with E-state index in [-0.39, 0.29) is 17.9 Å². The zero-order chi connectivity index (χ0) is 12.9. The predicted molar refractivity (Wildman–Crippen MR) is 69.2 cm³/mol. The molecule has 1 fully saturated rings. The van der Waals surface area contributed by atoms with Gasteiger partial charge in [-0.15, -0.1) is 0 Å². The van der Waals surface area contributed by atoms with Gasteiger partial charge in [-0.2, -0.15) is 0 Å². The molecule has 0 spiro atoms. The van der Waals surface area contributed by atoms with E-state index in [2.05, 4.69) is 5.32 Å². The van der Waals surface area contributed by atoms with Gasteiger partial charge >= 0.3 is 0 Å². The Kier molecular flexibility index (Phi) is 2.72. The van der Waals surface area contributed by atoms with Crippen molar-refractivity contribution >= 4 is 17.7 Å². The van der Waals surface area contributed by atoms with Crippen molar-refractivity contribution in [2.45, 2.75) is 18.9 Å². The van der Waals surface area contributed by atoms with Crippen molar-refractivity contribution < 1.29 is 9.53 Å². The smallest absolute Gasteiger partial charge is 0.252 e. The number of carbonyl (C=O) groups excluding carboxylic acids is 1. The Labute approximate surface area is 111 Å². The van der Waals surface area contributed by atoms with Gasteiger partial charge in [0.2, 0.25) is 0 Å². The largest absolute Gasteiger partial charge is 0.497 e. The molecule has 18 heavy (non-hydrogen) atoms. The van der Waals surface area contributed by atoms with Crippen LogP contribution < -0.4 is 10.1 Å². The minimum atomic E-state index is -0.00151. The molecule has 0 aliphatic carbocycles. The predicted octanol–water partition coefficient (Wildman–Crippen LogP) is 1.67. The van der Waals surface area contributed by atoms with E-state index in [9.17, 15) is 4.79 Å². The number of benzene rings is 1. The number of hydrogen-bond donors (Lipinski definition) is 1. The van der Waals surface area contributed by atoms with Crippen molar-refractivity contribution in [2.75, 3.05) is 20.2 Å². The van der Waals surface area contributed by atoms with E-state index >= 15 is 0 Å². The Balaban J connectivity index is 2.14. The van der Waals surface area contributed by atoms with Crippen molar-refractivity contribution in [3.63, 3.8) is 0 Å². The average molecular weight is 267 g/mol. The fraction of sp³-hybridized carbons (Fsp3) is 0.462. The molecule has 4 nitrogen and oxygen atoms in total. The summed E-state index contributed by atoms with van der Waals surface area (Å²) in [6.45, 7) is 3.38. The fourth-order valence-corrected chi connectivity index (χ4v) is 3.26. The van der Waals surface area contributed by atoms with Crippen molar-refractivity contribution in [1.29, 1.82) is 0 Å². The first-order valence-electron chi connectivity index (χ1n) is 6.00. The fourth-order valence-electron chi connectivity index (χ4n) is 2.96. The molecule has 0 radical (unpaired) electrons. The maximum atomic E-state index is 12.1. The number of methoxy groups -OCH3 is 1. The van der Waals surface area contributed by atoms with Gasteiger partial charge in [-0.05, 0) is 42.0 Å². The second kappa shape index (κ2) is 4.14. The summed E-state index contributed by atoms with van der Waals surface area (Å²) in [5, 5.41) is 3.04. The number of amides is 1. The van der Waals surface area contributed by atoms with Crippen molar-refractivity contribution in [1.82, 2.24) is 9.74 Å². The first-order valence-corrected chi connectivity index (χ1v) is 6.34. The van der Waals surface area contributed by atoms with Gasteiger partial charge in [-0.25, -0.2) is 4.42 Å². The summed E-state index contributed by atoms with van der Waals surface area (Å²) >= 11 is 6.07. The van der Waals surface area contributed by atoms with Gasteiger partial charge in [0.25, 0.3) is 5.91 Å². The number of nitrogens with one attached hydrogen (secondary N) is 1. The Bertz CT molecular complexity index is 518. The van der Waals surface area contributed by atoms with E-state index in [0.29, 0.717) is 6.54 Å². The first kappa shape index (κ1) is 11.8. The molecule has 96 valence electrons. The van der Waals surface area contributed by atoms with E-state index < -0.39 is 0 Å². The lowest BCUT2D eigenvalue weighted by Crippen LogP contribution is -2.44. The quantitative estimate of drug-likeness (QED) is 0.786. The molecule has 1 aromatic rings. The molecule has 1 aromatic carbocycles. The van der Waals surface area contributed by atoms with Crippen LogP contribution in [0.15, 0.2) is 12.1 Å². The lowest BCUT2D eigenvalue weighted by Gasteiger charge is -2.29. The van der Waals surface area contributed by atoms with Crippen molar-refractivity contribution in [3.05, 3.63) is 28.8 Å². The van der Waals surface area contributed by atoms with Gasteiger partial charge in [0.15, 0.2) is 0 Å². The molecule has 2 heterocycles. The number of fused-ring (bicyclic) bond motifs is 3. The molecule has 0 saturated carbocycles. The zero-order valence-corrected chi connectivity index (χ0v) is 11.1. The van der Waals surface area contributed by atoms with Crippen LogP contribution in [0.5, 0.6) is 5.75 Å². The van der Waals surface area contributed by atoms with Crippen LogP contribution in [0.25, 0.3) is 0 Å². The highest BCUT2D eigenvalue weighted by Gasteiger charge is 2.40. The van der Waals surface area contributed by atoms with Crippen LogP contribution in [0.4, 0.5) is 0 Å². The standard InChI is InChI=1S/C13H15ClN2O2/c1-7-3-8(18-2)4-9-10-5-16(14)6-11(10)15-13(17)12(7)9/h3-4,10-11H,5-6H2,1-2H3,(H,15,17)/t10-,11+/m1/s1. The molecule has 2 aliphatic heterocycles. The number of rotatable bonds is 1. The van der Waals surface area contributed by atoms with Crippen LogP contribution >= 0.6 is 11.8 Å². The number of hydrogen-bond acceptors (Lipinski definition) is 3. The van der Waals surface area contributed by atoms with E-state index in [1.165, 1.54) is 0 Å².